The number of nitrogens with two attached hydrogens (primary N) is 2. The summed E-state index contributed by atoms with van der Waals surface area (Å²) in [6.07, 6.45) is 4.14. The van der Waals surface area contributed by atoms with E-state index in [9.17, 15) is 8.78 Å². The van der Waals surface area contributed by atoms with E-state index in [-0.39, 0.29) is 13.0 Å². The molecule has 0 spiro atoms. The van der Waals surface area contributed by atoms with Gasteiger partial charge in [-0.05, 0) is 48.9 Å². The summed E-state index contributed by atoms with van der Waals surface area (Å²) < 4.78 is 29.0. The minimum atomic E-state index is -1.33. The second-order valence-corrected chi connectivity index (χ2v) is 7.93. The minimum absolute atomic E-state index is 0.137. The number of hydrogen-bond donors (Lipinski definition) is 3. The summed E-state index contributed by atoms with van der Waals surface area (Å²) in [6.45, 7) is 5.91. The van der Waals surface area contributed by atoms with Gasteiger partial charge in [-0.3, -0.25) is 4.98 Å². The van der Waals surface area contributed by atoms with E-state index in [0.717, 1.165) is 23.0 Å². The van der Waals surface area contributed by atoms with E-state index in [1.54, 1.807) is 10.9 Å². The lowest BCUT2D eigenvalue weighted by atomic mass is 10.0. The Labute approximate surface area is 196 Å². The van der Waals surface area contributed by atoms with Crippen molar-refractivity contribution in [2.75, 3.05) is 11.9 Å². The lowest BCUT2D eigenvalue weighted by molar-refractivity contribution is 0.385. The monoisotopic (exact) mass is 461 g/mol. The smallest absolute Gasteiger partial charge is 0.154 e. The predicted octanol–water partition coefficient (Wildman–Crippen LogP) is 4.34. The van der Waals surface area contributed by atoms with Gasteiger partial charge in [-0.15, -0.1) is 5.10 Å². The summed E-state index contributed by atoms with van der Waals surface area (Å²) in [5.74, 6) is 0.579. The quantitative estimate of drug-likeness (QED) is 0.452. The molecule has 5 N–H and O–H groups in total. The van der Waals surface area contributed by atoms with Crippen LogP contribution in [0.3, 0.4) is 0 Å². The highest BCUT2D eigenvalue weighted by atomic mass is 19.1. The van der Waals surface area contributed by atoms with E-state index in [1.165, 1.54) is 12.3 Å². The van der Waals surface area contributed by atoms with Gasteiger partial charge >= 0.3 is 0 Å². The Morgan fingerprint density at radius 1 is 1.32 bits per heavy atom. The van der Waals surface area contributed by atoms with Crippen molar-refractivity contribution in [2.45, 2.75) is 19.5 Å². The first-order valence-electron chi connectivity index (χ1n) is 10.7. The second-order valence-electron chi connectivity index (χ2n) is 7.93. The fourth-order valence-electron chi connectivity index (χ4n) is 3.70. The van der Waals surface area contributed by atoms with Gasteiger partial charge in [-0.2, -0.15) is 0 Å². The molecule has 4 rings (SSSR count). The predicted molar refractivity (Wildman–Crippen MR) is 130 cm³/mol. The normalized spacial score (nSPS) is 16.1. The maximum atomic E-state index is 13.7. The van der Waals surface area contributed by atoms with Crippen LogP contribution in [-0.2, 0) is 0 Å². The molecule has 3 aromatic rings. The second kappa shape index (κ2) is 9.70. The average Bonchev–Trinajstić information content (AvgIpc) is 3.22. The van der Waals surface area contributed by atoms with Gasteiger partial charge < -0.3 is 16.8 Å². The molecule has 1 aliphatic rings. The molecule has 1 aliphatic carbocycles. The maximum absolute atomic E-state index is 13.7. The van der Waals surface area contributed by atoms with E-state index < -0.39 is 12.0 Å². The van der Waals surface area contributed by atoms with E-state index in [0.29, 0.717) is 34.2 Å². The standard InChI is InChI=1S/C25H25F2N7/c1-15-4-3-5-25(32-15)34-23(18-6-7-30-22(10-18)21(13-28)16(2)29)12-24(33-34)31-14-17-8-19(26)11-20(27)9-17/h3-8,10-13,20H,2,9,14,28-29H2,1H3,(H,31,33). The zero-order valence-corrected chi connectivity index (χ0v) is 18.7. The van der Waals surface area contributed by atoms with Crippen molar-refractivity contribution >= 4 is 11.4 Å². The van der Waals surface area contributed by atoms with Gasteiger partial charge in [-0.1, -0.05) is 12.6 Å². The van der Waals surface area contributed by atoms with Crippen LogP contribution in [0, 0.1) is 6.92 Å². The Kier molecular flexibility index (Phi) is 6.53. The van der Waals surface area contributed by atoms with E-state index in [2.05, 4.69) is 27.0 Å². The van der Waals surface area contributed by atoms with Gasteiger partial charge in [0.1, 0.15) is 17.8 Å². The Balaban J connectivity index is 1.72. The summed E-state index contributed by atoms with van der Waals surface area (Å²) in [5.41, 5.74) is 15.9. The number of pyridine rings is 2. The molecule has 1 unspecified atom stereocenters. The molecular formula is C25H25F2N7. The van der Waals surface area contributed by atoms with Crippen molar-refractivity contribution in [1.29, 1.82) is 0 Å². The number of allylic oxidation sites excluding steroid dienone is 4. The highest BCUT2D eigenvalue weighted by molar-refractivity contribution is 5.78. The molecule has 0 amide bonds. The van der Waals surface area contributed by atoms with Crippen LogP contribution in [0.2, 0.25) is 0 Å². The third-order valence-corrected chi connectivity index (χ3v) is 5.28. The first-order valence-corrected chi connectivity index (χ1v) is 10.7. The largest absolute Gasteiger partial charge is 0.404 e. The Hall–Kier alpha value is -4.27. The number of anilines is 1. The molecule has 174 valence electrons. The van der Waals surface area contributed by atoms with Gasteiger partial charge in [0.2, 0.25) is 0 Å². The molecule has 0 fully saturated rings. The topological polar surface area (TPSA) is 108 Å². The molecule has 7 nitrogen and oxygen atoms in total. The average molecular weight is 462 g/mol. The summed E-state index contributed by atoms with van der Waals surface area (Å²) >= 11 is 0. The van der Waals surface area contributed by atoms with Crippen molar-refractivity contribution in [3.8, 4) is 17.1 Å². The molecule has 1 atom stereocenters. The molecule has 0 saturated carbocycles. The van der Waals surface area contributed by atoms with E-state index in [1.807, 2.05) is 43.3 Å². The van der Waals surface area contributed by atoms with Gasteiger partial charge in [0, 0.05) is 54.0 Å². The molecular weight excluding hydrogens is 436 g/mol. The van der Waals surface area contributed by atoms with Crippen LogP contribution < -0.4 is 16.8 Å². The van der Waals surface area contributed by atoms with Crippen LogP contribution in [0.1, 0.15) is 17.8 Å². The first kappa shape index (κ1) is 22.9. The minimum Gasteiger partial charge on any atom is -0.404 e. The number of nitrogens with one attached hydrogen (secondary N) is 1. The van der Waals surface area contributed by atoms with Crippen LogP contribution in [0.15, 0.2) is 84.6 Å². The van der Waals surface area contributed by atoms with E-state index >= 15 is 0 Å². The fraction of sp³-hybridized carbons (Fsp3) is 0.160. The third-order valence-electron chi connectivity index (χ3n) is 5.28. The summed E-state index contributed by atoms with van der Waals surface area (Å²) in [4.78, 5) is 8.95. The van der Waals surface area contributed by atoms with Crippen LogP contribution in [0.25, 0.3) is 22.6 Å². The zero-order valence-electron chi connectivity index (χ0n) is 18.7. The number of aryl methyl sites for hydroxylation is 1. The molecule has 0 aromatic carbocycles. The number of alkyl halides is 1. The molecule has 3 aromatic heterocycles. The Morgan fingerprint density at radius 2 is 2.15 bits per heavy atom. The summed E-state index contributed by atoms with van der Waals surface area (Å²) in [7, 11) is 0. The molecule has 0 radical (unpaired) electrons. The number of hydrogen-bond acceptors (Lipinski definition) is 6. The zero-order chi connectivity index (χ0) is 24.2. The number of halogens is 2. The highest BCUT2D eigenvalue weighted by Crippen LogP contribution is 2.28. The van der Waals surface area contributed by atoms with Crippen molar-refractivity contribution in [2.24, 2.45) is 11.5 Å². The molecule has 3 heterocycles. The van der Waals surface area contributed by atoms with Crippen molar-refractivity contribution in [1.82, 2.24) is 19.7 Å². The first-order chi connectivity index (χ1) is 16.3. The lowest BCUT2D eigenvalue weighted by Gasteiger charge is -2.13. The fourth-order valence-corrected chi connectivity index (χ4v) is 3.70. The summed E-state index contributed by atoms with van der Waals surface area (Å²) in [6, 6.07) is 11.1. The number of nitrogens with zero attached hydrogens (tertiary/aromatic N) is 4. The molecule has 9 heteroatoms. The Bertz CT molecular complexity index is 1320. The molecule has 0 aliphatic heterocycles. The van der Waals surface area contributed by atoms with Crippen molar-refractivity contribution < 1.29 is 8.78 Å². The van der Waals surface area contributed by atoms with Gasteiger partial charge in [-0.25, -0.2) is 18.4 Å². The third kappa shape index (κ3) is 5.03. The van der Waals surface area contributed by atoms with Crippen LogP contribution in [-0.4, -0.2) is 32.5 Å². The SMILES string of the molecule is C=C(N)C(=CN)c1cc(-c2cc(NCC3=CC(F)=CC(F)C3)nn2-c2cccc(C)n2)ccn1. The van der Waals surface area contributed by atoms with Gasteiger partial charge in [0.15, 0.2) is 5.82 Å². The molecule has 0 saturated heterocycles. The molecule has 34 heavy (non-hydrogen) atoms. The summed E-state index contributed by atoms with van der Waals surface area (Å²) in [5, 5.41) is 7.83. The maximum Gasteiger partial charge on any atom is 0.154 e. The number of aromatic nitrogens is 4. The Morgan fingerprint density at radius 3 is 2.85 bits per heavy atom. The van der Waals surface area contributed by atoms with Crippen LogP contribution >= 0.6 is 0 Å². The van der Waals surface area contributed by atoms with E-state index in [4.69, 9.17) is 11.5 Å². The van der Waals surface area contributed by atoms with Gasteiger partial charge in [0.05, 0.1) is 11.4 Å². The highest BCUT2D eigenvalue weighted by Gasteiger charge is 2.17. The van der Waals surface area contributed by atoms with Crippen molar-refractivity contribution in [3.05, 3.63) is 96.0 Å². The van der Waals surface area contributed by atoms with Gasteiger partial charge in [0.25, 0.3) is 0 Å². The van der Waals surface area contributed by atoms with Crippen molar-refractivity contribution in [3.63, 3.8) is 0 Å². The van der Waals surface area contributed by atoms with Crippen LogP contribution in [0.4, 0.5) is 14.6 Å². The number of rotatable bonds is 7. The lowest BCUT2D eigenvalue weighted by Crippen LogP contribution is -2.12. The molecule has 0 bridgehead atoms. The van der Waals surface area contributed by atoms with Crippen LogP contribution in [0.5, 0.6) is 0 Å².